The number of amides is 2. The highest BCUT2D eigenvalue weighted by Crippen LogP contribution is 2.40. The Morgan fingerprint density at radius 1 is 1.00 bits per heavy atom. The van der Waals surface area contributed by atoms with Crippen molar-refractivity contribution in [2.24, 2.45) is 0 Å². The van der Waals surface area contributed by atoms with E-state index in [9.17, 15) is 9.59 Å². The molecular weight excluding hydrogens is 340 g/mol. The van der Waals surface area contributed by atoms with E-state index in [1.807, 2.05) is 0 Å². The second-order valence-corrected chi connectivity index (χ2v) is 5.38. The molecule has 0 bridgehead atoms. The van der Waals surface area contributed by atoms with Crippen LogP contribution in [0.4, 0.5) is 10.5 Å². The van der Waals surface area contributed by atoms with E-state index < -0.39 is 18.2 Å². The number of esters is 1. The lowest BCUT2D eigenvalue weighted by Crippen LogP contribution is -2.32. The van der Waals surface area contributed by atoms with Crippen LogP contribution in [0.25, 0.3) is 0 Å². The van der Waals surface area contributed by atoms with Gasteiger partial charge in [-0.25, -0.2) is 9.59 Å². The highest BCUT2D eigenvalue weighted by atomic mass is 16.6. The van der Waals surface area contributed by atoms with Crippen LogP contribution in [0.1, 0.15) is 22.1 Å². The van der Waals surface area contributed by atoms with Crippen molar-refractivity contribution in [3.8, 4) is 17.2 Å². The van der Waals surface area contributed by atoms with Crippen LogP contribution in [0.5, 0.6) is 17.2 Å². The van der Waals surface area contributed by atoms with Crippen molar-refractivity contribution in [1.82, 2.24) is 5.32 Å². The van der Waals surface area contributed by atoms with E-state index in [2.05, 4.69) is 10.6 Å². The van der Waals surface area contributed by atoms with Crippen LogP contribution in [0.3, 0.4) is 0 Å². The Hall–Kier alpha value is -3.42. The largest absolute Gasteiger partial charge is 0.497 e. The smallest absolute Gasteiger partial charge is 0.344 e. The minimum Gasteiger partial charge on any atom is -0.497 e. The molecule has 0 aromatic heterocycles. The molecule has 0 saturated heterocycles. The topological polar surface area (TPSA) is 95.1 Å². The molecule has 3 rings (SSSR count). The summed E-state index contributed by atoms with van der Waals surface area (Å²) in [5, 5.41) is 5.27. The van der Waals surface area contributed by atoms with E-state index in [-0.39, 0.29) is 11.3 Å². The number of rotatable bonds is 5. The maximum atomic E-state index is 12.2. The quantitative estimate of drug-likeness (QED) is 0.798. The summed E-state index contributed by atoms with van der Waals surface area (Å²) in [6.07, 6.45) is -0.921. The normalized spacial score (nSPS) is 14.9. The third-order valence-corrected chi connectivity index (χ3v) is 3.90. The number of carbonyl (C=O) groups excluding carboxylic acids is 2. The highest BCUT2D eigenvalue weighted by Gasteiger charge is 2.36. The average molecular weight is 358 g/mol. The summed E-state index contributed by atoms with van der Waals surface area (Å²) in [5.41, 5.74) is 1.30. The molecule has 1 atom stereocenters. The molecule has 1 heterocycles. The highest BCUT2D eigenvalue weighted by molar-refractivity contribution is 5.99. The van der Waals surface area contributed by atoms with E-state index >= 15 is 0 Å². The maximum absolute atomic E-state index is 12.2. The number of fused-ring (bicyclic) bond motifs is 1. The van der Waals surface area contributed by atoms with Crippen LogP contribution in [-0.4, -0.2) is 33.3 Å². The van der Waals surface area contributed by atoms with Gasteiger partial charge in [0.2, 0.25) is 6.23 Å². The molecule has 0 spiro atoms. The number of hydrogen-bond acceptors (Lipinski definition) is 6. The lowest BCUT2D eigenvalue weighted by molar-refractivity contribution is 0.0340. The predicted octanol–water partition coefficient (Wildman–Crippen LogP) is 2.70. The van der Waals surface area contributed by atoms with Crippen LogP contribution in [0, 0.1) is 0 Å². The number of urea groups is 1. The first-order valence-electron chi connectivity index (χ1n) is 7.74. The first-order chi connectivity index (χ1) is 12.6. The third kappa shape index (κ3) is 3.21. The van der Waals surface area contributed by atoms with Crippen molar-refractivity contribution in [2.75, 3.05) is 26.6 Å². The fraction of sp³-hybridized carbons (Fsp3) is 0.222. The van der Waals surface area contributed by atoms with Crippen molar-refractivity contribution in [3.05, 3.63) is 47.5 Å². The minimum absolute atomic E-state index is 0.238. The number of anilines is 1. The molecule has 0 aliphatic carbocycles. The van der Waals surface area contributed by atoms with Gasteiger partial charge in [0, 0.05) is 11.3 Å². The molecule has 0 radical (unpaired) electrons. The number of benzene rings is 2. The summed E-state index contributed by atoms with van der Waals surface area (Å²) in [6.45, 7) is 0. The molecule has 2 aromatic carbocycles. The first kappa shape index (κ1) is 17.4. The SMILES string of the molecule is COc1ccc(NC(=O)N[C@@H]2OC(=O)c3c2ccc(OC)c3OC)cc1. The van der Waals surface area contributed by atoms with Gasteiger partial charge >= 0.3 is 12.0 Å². The first-order valence-corrected chi connectivity index (χ1v) is 7.74. The summed E-state index contributed by atoms with van der Waals surface area (Å²) < 4.78 is 20.8. The molecule has 2 aromatic rings. The number of nitrogens with one attached hydrogen (secondary N) is 2. The number of cyclic esters (lactones) is 1. The van der Waals surface area contributed by atoms with Crippen molar-refractivity contribution in [3.63, 3.8) is 0 Å². The van der Waals surface area contributed by atoms with Gasteiger partial charge in [-0.2, -0.15) is 0 Å². The second kappa shape index (κ2) is 7.22. The summed E-state index contributed by atoms with van der Waals surface area (Å²) in [5.74, 6) is 0.766. The molecule has 26 heavy (non-hydrogen) atoms. The Labute approximate surface area is 150 Å². The lowest BCUT2D eigenvalue weighted by Gasteiger charge is -2.14. The molecule has 8 heteroatoms. The predicted molar refractivity (Wildman–Crippen MR) is 92.9 cm³/mol. The van der Waals surface area contributed by atoms with Gasteiger partial charge in [-0.3, -0.25) is 5.32 Å². The zero-order valence-electron chi connectivity index (χ0n) is 14.5. The minimum atomic E-state index is -0.921. The molecule has 0 unspecified atom stereocenters. The molecule has 0 fully saturated rings. The average Bonchev–Trinajstić information content (AvgIpc) is 2.97. The van der Waals surface area contributed by atoms with Gasteiger partial charge in [0.05, 0.1) is 21.3 Å². The van der Waals surface area contributed by atoms with Gasteiger partial charge in [-0.15, -0.1) is 0 Å². The van der Waals surface area contributed by atoms with Gasteiger partial charge in [-0.05, 0) is 36.4 Å². The number of ether oxygens (including phenoxy) is 4. The molecule has 2 N–H and O–H groups in total. The summed E-state index contributed by atoms with van der Waals surface area (Å²) in [4.78, 5) is 24.4. The summed E-state index contributed by atoms with van der Waals surface area (Å²) >= 11 is 0. The van der Waals surface area contributed by atoms with Gasteiger partial charge in [-0.1, -0.05) is 0 Å². The molecule has 8 nitrogen and oxygen atoms in total. The number of carbonyl (C=O) groups is 2. The Balaban J connectivity index is 1.76. The molecule has 2 amide bonds. The van der Waals surface area contributed by atoms with Crippen LogP contribution < -0.4 is 24.8 Å². The lowest BCUT2D eigenvalue weighted by atomic mass is 10.1. The van der Waals surface area contributed by atoms with Gasteiger partial charge < -0.3 is 24.3 Å². The van der Waals surface area contributed by atoms with Crippen molar-refractivity contribution in [1.29, 1.82) is 0 Å². The number of methoxy groups -OCH3 is 3. The Morgan fingerprint density at radius 2 is 1.73 bits per heavy atom. The Kier molecular flexibility index (Phi) is 4.83. The van der Waals surface area contributed by atoms with E-state index in [0.29, 0.717) is 22.7 Å². The van der Waals surface area contributed by atoms with Crippen molar-refractivity contribution in [2.45, 2.75) is 6.23 Å². The summed E-state index contributed by atoms with van der Waals surface area (Å²) in [6, 6.07) is 9.61. The van der Waals surface area contributed by atoms with Crippen LogP contribution in [-0.2, 0) is 4.74 Å². The van der Waals surface area contributed by atoms with Gasteiger partial charge in [0.25, 0.3) is 0 Å². The standard InChI is InChI=1S/C18H18N2O6/c1-23-11-6-4-10(5-7-11)19-18(22)20-16-12-8-9-13(24-2)15(25-3)14(12)17(21)26-16/h4-9,16H,1-3H3,(H2,19,20,22)/t16-/m1/s1. The zero-order chi connectivity index (χ0) is 18.7. The third-order valence-electron chi connectivity index (χ3n) is 3.90. The molecule has 0 saturated carbocycles. The Morgan fingerprint density at radius 3 is 2.35 bits per heavy atom. The van der Waals surface area contributed by atoms with Crippen molar-refractivity contribution >= 4 is 17.7 Å². The fourth-order valence-electron chi connectivity index (χ4n) is 2.67. The summed E-state index contributed by atoms with van der Waals surface area (Å²) in [7, 11) is 4.47. The van der Waals surface area contributed by atoms with Gasteiger partial charge in [0.1, 0.15) is 11.3 Å². The molecule has 1 aliphatic heterocycles. The molecular formula is C18H18N2O6. The van der Waals surface area contributed by atoms with E-state index in [1.165, 1.54) is 14.2 Å². The van der Waals surface area contributed by atoms with E-state index in [1.54, 1.807) is 43.5 Å². The van der Waals surface area contributed by atoms with Crippen LogP contribution in [0.15, 0.2) is 36.4 Å². The number of hydrogen-bond donors (Lipinski definition) is 2. The van der Waals surface area contributed by atoms with E-state index in [4.69, 9.17) is 18.9 Å². The van der Waals surface area contributed by atoms with Crippen LogP contribution >= 0.6 is 0 Å². The second-order valence-electron chi connectivity index (χ2n) is 5.38. The molecule has 1 aliphatic rings. The van der Waals surface area contributed by atoms with E-state index in [0.717, 1.165) is 0 Å². The molecule has 136 valence electrons. The Bertz CT molecular complexity index is 834. The monoisotopic (exact) mass is 358 g/mol. The maximum Gasteiger partial charge on any atom is 0.344 e. The zero-order valence-corrected chi connectivity index (χ0v) is 14.5. The van der Waals surface area contributed by atoms with Crippen LogP contribution in [0.2, 0.25) is 0 Å². The van der Waals surface area contributed by atoms with Gasteiger partial charge in [0.15, 0.2) is 11.5 Å². The van der Waals surface area contributed by atoms with Crippen molar-refractivity contribution < 1.29 is 28.5 Å². The fourth-order valence-corrected chi connectivity index (χ4v) is 2.67.